The molecule has 0 saturated carbocycles. The van der Waals surface area contributed by atoms with Crippen LogP contribution in [-0.4, -0.2) is 0 Å². The van der Waals surface area contributed by atoms with E-state index in [9.17, 15) is 0 Å². The number of nitrogens with zero attached hydrogens (tertiary/aromatic N) is 1. The van der Waals surface area contributed by atoms with Gasteiger partial charge < -0.3 is 4.90 Å². The molecule has 0 bridgehead atoms. The van der Waals surface area contributed by atoms with E-state index < -0.39 is 0 Å². The average Bonchev–Trinajstić information content (AvgIpc) is 3.58. The zero-order valence-electron chi connectivity index (χ0n) is 30.4. The number of thiophene rings is 1. The predicted molar refractivity (Wildman–Crippen MR) is 244 cm³/mol. The lowest BCUT2D eigenvalue weighted by atomic mass is 9.93. The van der Waals surface area contributed by atoms with Gasteiger partial charge in [0.1, 0.15) is 0 Å². The number of rotatable bonds is 1. The molecular weight excluding hydrogens is 695 g/mol. The monoisotopic (exact) mass is 727 g/mol. The van der Waals surface area contributed by atoms with Crippen LogP contribution in [0.5, 0.6) is 0 Å². The van der Waals surface area contributed by atoms with Gasteiger partial charge in [0, 0.05) is 37.0 Å². The molecule has 1 aliphatic heterocycles. The maximum absolute atomic E-state index is 2.48. The van der Waals surface area contributed by atoms with E-state index in [4.69, 9.17) is 0 Å². The Balaban J connectivity index is 1.30. The Hall–Kier alpha value is -7.00. The van der Waals surface area contributed by atoms with Crippen molar-refractivity contribution in [3.8, 4) is 22.3 Å². The molecule has 0 atom stereocenters. The van der Waals surface area contributed by atoms with Crippen molar-refractivity contribution in [3.05, 3.63) is 200 Å². The van der Waals surface area contributed by atoms with Gasteiger partial charge in [-0.1, -0.05) is 158 Å². The molecule has 1 aliphatic rings. The lowest BCUT2D eigenvalue weighted by Crippen LogP contribution is -2.10. The van der Waals surface area contributed by atoms with Crippen LogP contribution >= 0.6 is 11.3 Å². The van der Waals surface area contributed by atoms with Crippen molar-refractivity contribution in [1.29, 1.82) is 0 Å². The standard InChI is InChI=1S/C54H33NS/c1-2-16-36-35(15-1)37-17-3-7-21-41(37)47-31-34(55-51-26-12-9-23-44(51)39-19-5-6-20-40(39)45-24-10-13-27-52(45)55)29-30-43(47)49-33-54-50(46-25-11-14-28-53(46)56-54)32-48(49)42-22-8-4-18-38(36)42/h1-33H. The molecule has 0 saturated heterocycles. The van der Waals surface area contributed by atoms with Crippen LogP contribution in [-0.2, 0) is 0 Å². The number of benzene rings is 9. The molecule has 260 valence electrons. The van der Waals surface area contributed by atoms with E-state index in [2.05, 4.69) is 205 Å². The van der Waals surface area contributed by atoms with Crippen LogP contribution < -0.4 is 4.90 Å². The van der Waals surface area contributed by atoms with Crippen LogP contribution in [0.25, 0.3) is 96.3 Å². The minimum Gasteiger partial charge on any atom is -0.309 e. The van der Waals surface area contributed by atoms with Crippen molar-refractivity contribution in [2.75, 3.05) is 4.90 Å². The molecule has 2 heterocycles. The Morgan fingerprint density at radius 3 is 1.20 bits per heavy atom. The second kappa shape index (κ2) is 12.3. The first-order chi connectivity index (χ1) is 27.8. The summed E-state index contributed by atoms with van der Waals surface area (Å²) in [6.07, 6.45) is 0. The number of para-hydroxylation sites is 2. The Bertz CT molecular complexity index is 3430. The quantitative estimate of drug-likeness (QED) is 0.163. The van der Waals surface area contributed by atoms with Crippen LogP contribution in [0.15, 0.2) is 200 Å². The second-order valence-corrected chi connectivity index (χ2v) is 15.9. The Morgan fingerprint density at radius 1 is 0.250 bits per heavy atom. The van der Waals surface area contributed by atoms with Gasteiger partial charge >= 0.3 is 0 Å². The molecule has 56 heavy (non-hydrogen) atoms. The molecule has 0 radical (unpaired) electrons. The van der Waals surface area contributed by atoms with Gasteiger partial charge in [-0.05, 0) is 107 Å². The van der Waals surface area contributed by atoms with Crippen LogP contribution in [0.3, 0.4) is 0 Å². The topological polar surface area (TPSA) is 3.24 Å². The predicted octanol–water partition coefficient (Wildman–Crippen LogP) is 16.1. The third-order valence-corrected chi connectivity index (χ3v) is 12.9. The molecule has 1 aromatic heterocycles. The lowest BCUT2D eigenvalue weighted by Gasteiger charge is -2.27. The number of hydrogen-bond donors (Lipinski definition) is 0. The molecule has 0 amide bonds. The van der Waals surface area contributed by atoms with Crippen LogP contribution in [0.4, 0.5) is 17.1 Å². The molecule has 0 aliphatic carbocycles. The minimum atomic E-state index is 1.13. The lowest BCUT2D eigenvalue weighted by molar-refractivity contribution is 1.30. The van der Waals surface area contributed by atoms with Crippen molar-refractivity contribution in [2.45, 2.75) is 0 Å². The van der Waals surface area contributed by atoms with Gasteiger partial charge in [0.25, 0.3) is 0 Å². The summed E-state index contributed by atoms with van der Waals surface area (Å²) in [5.41, 5.74) is 8.42. The number of anilines is 3. The zero-order valence-corrected chi connectivity index (χ0v) is 31.2. The molecule has 0 fully saturated rings. The molecule has 0 N–H and O–H groups in total. The highest BCUT2D eigenvalue weighted by Crippen LogP contribution is 2.51. The maximum Gasteiger partial charge on any atom is 0.0540 e. The Kier molecular flexibility index (Phi) is 6.87. The van der Waals surface area contributed by atoms with E-state index in [0.717, 1.165) is 5.69 Å². The van der Waals surface area contributed by atoms with Crippen molar-refractivity contribution < 1.29 is 0 Å². The maximum atomic E-state index is 2.48. The van der Waals surface area contributed by atoms with Crippen molar-refractivity contribution in [2.24, 2.45) is 0 Å². The summed E-state index contributed by atoms with van der Waals surface area (Å²) >= 11 is 1.88. The van der Waals surface area contributed by atoms with Crippen molar-refractivity contribution in [3.63, 3.8) is 0 Å². The summed E-state index contributed by atoms with van der Waals surface area (Å²) in [6.45, 7) is 0. The summed E-state index contributed by atoms with van der Waals surface area (Å²) < 4.78 is 2.62. The first kappa shape index (κ1) is 31.4. The molecule has 10 aromatic carbocycles. The summed E-state index contributed by atoms with van der Waals surface area (Å²) in [7, 11) is 0. The second-order valence-electron chi connectivity index (χ2n) is 14.8. The third kappa shape index (κ3) is 4.60. The normalized spacial score (nSPS) is 12.2. The van der Waals surface area contributed by atoms with E-state index in [1.807, 2.05) is 11.3 Å². The molecule has 2 heteroatoms. The molecule has 0 spiro atoms. The van der Waals surface area contributed by atoms with Gasteiger partial charge in [-0.15, -0.1) is 11.3 Å². The molecule has 1 nitrogen and oxygen atoms in total. The fourth-order valence-corrected chi connectivity index (χ4v) is 10.5. The Labute approximate surface area is 328 Å². The highest BCUT2D eigenvalue weighted by molar-refractivity contribution is 7.25. The van der Waals surface area contributed by atoms with Gasteiger partial charge in [-0.2, -0.15) is 0 Å². The molecular formula is C54H33NS. The van der Waals surface area contributed by atoms with E-state index in [-0.39, 0.29) is 0 Å². The summed E-state index contributed by atoms with van der Waals surface area (Å²) in [5, 5.41) is 15.0. The van der Waals surface area contributed by atoms with Crippen LogP contribution in [0, 0.1) is 0 Å². The first-order valence-electron chi connectivity index (χ1n) is 19.3. The van der Waals surface area contributed by atoms with Crippen molar-refractivity contribution in [1.82, 2.24) is 0 Å². The Morgan fingerprint density at radius 2 is 0.643 bits per heavy atom. The van der Waals surface area contributed by atoms with Crippen LogP contribution in [0.1, 0.15) is 0 Å². The van der Waals surface area contributed by atoms with Gasteiger partial charge in [0.15, 0.2) is 0 Å². The minimum absolute atomic E-state index is 1.13. The first-order valence-corrected chi connectivity index (χ1v) is 20.1. The average molecular weight is 728 g/mol. The molecule has 0 unspecified atom stereocenters. The summed E-state index contributed by atoms with van der Waals surface area (Å²) in [4.78, 5) is 2.48. The summed E-state index contributed by atoms with van der Waals surface area (Å²) in [5.74, 6) is 0. The van der Waals surface area contributed by atoms with Gasteiger partial charge in [-0.3, -0.25) is 0 Å². The highest BCUT2D eigenvalue weighted by atomic mass is 32.1. The van der Waals surface area contributed by atoms with Crippen LogP contribution in [0.2, 0.25) is 0 Å². The van der Waals surface area contributed by atoms with E-state index >= 15 is 0 Å². The number of fused-ring (bicyclic) bond motifs is 18. The smallest absolute Gasteiger partial charge is 0.0540 e. The fourth-order valence-electron chi connectivity index (χ4n) is 9.36. The number of hydrogen-bond acceptors (Lipinski definition) is 2. The SMILES string of the molecule is c1ccc2c(c1)-c1ccccc1N(c1ccc3c(c1)c1ccccc1c1ccccc1c1ccccc1c1cc4c(cc31)sc1ccccc14)c1ccccc1-2. The van der Waals surface area contributed by atoms with Crippen molar-refractivity contribution >= 4 is 102 Å². The van der Waals surface area contributed by atoms with Gasteiger partial charge in [-0.25, -0.2) is 0 Å². The van der Waals surface area contributed by atoms with E-state index in [1.165, 1.54) is 108 Å². The zero-order chi connectivity index (χ0) is 36.7. The van der Waals surface area contributed by atoms with E-state index in [0.29, 0.717) is 0 Å². The summed E-state index contributed by atoms with van der Waals surface area (Å²) in [6, 6.07) is 74.5. The van der Waals surface area contributed by atoms with Gasteiger partial charge in [0.05, 0.1) is 11.4 Å². The van der Waals surface area contributed by atoms with E-state index in [1.54, 1.807) is 0 Å². The largest absolute Gasteiger partial charge is 0.309 e. The fraction of sp³-hybridized carbons (Fsp3) is 0. The highest BCUT2D eigenvalue weighted by Gasteiger charge is 2.26. The molecule has 11 aromatic rings. The molecule has 12 rings (SSSR count). The van der Waals surface area contributed by atoms with Gasteiger partial charge in [0.2, 0.25) is 0 Å². The third-order valence-electron chi connectivity index (χ3n) is 11.8.